The third kappa shape index (κ3) is 27.6. The van der Waals surface area contributed by atoms with Crippen LogP contribution >= 0.6 is 0 Å². The molecule has 0 radical (unpaired) electrons. The first-order valence-electron chi connectivity index (χ1n) is 52.3. The van der Waals surface area contributed by atoms with Crippen molar-refractivity contribution in [3.63, 3.8) is 0 Å². The Balaban J connectivity index is 0.000000142. The van der Waals surface area contributed by atoms with Gasteiger partial charge in [0.05, 0.1) is 0 Å². The van der Waals surface area contributed by atoms with Crippen molar-refractivity contribution in [1.82, 2.24) is 0 Å². The van der Waals surface area contributed by atoms with E-state index < -0.39 is 0 Å². The van der Waals surface area contributed by atoms with E-state index >= 15 is 0 Å². The van der Waals surface area contributed by atoms with E-state index in [1.807, 2.05) is 0 Å². The van der Waals surface area contributed by atoms with E-state index in [4.69, 9.17) is 0 Å². The second kappa shape index (κ2) is 51.2. The summed E-state index contributed by atoms with van der Waals surface area (Å²) in [7, 11) is 0. The minimum Gasteiger partial charge on any atom is -0.0613 e. The maximum absolute atomic E-state index is 2.32. The number of hydrogen-bond acceptors (Lipinski definition) is 0. The predicted molar refractivity (Wildman–Crippen MR) is 619 cm³/mol. The van der Waals surface area contributed by atoms with Crippen molar-refractivity contribution in [3.05, 3.63) is 499 Å². The predicted octanol–water partition coefficient (Wildman–Crippen LogP) is 39.6. The molecule has 0 amide bonds. The summed E-state index contributed by atoms with van der Waals surface area (Å²) in [5.41, 5.74) is 60.3. The van der Waals surface area contributed by atoms with Crippen molar-refractivity contribution in [1.29, 1.82) is 0 Å². The fraction of sp³-hybridized carbons (Fsp3) is 0.234. The van der Waals surface area contributed by atoms with Gasteiger partial charge in [0.2, 0.25) is 0 Å². The smallest absolute Gasteiger partial charge is 0.0154 e. The number of rotatable bonds is 24. The zero-order chi connectivity index (χ0) is 100. The lowest BCUT2D eigenvalue weighted by Crippen LogP contribution is -1.93. The highest BCUT2D eigenvalue weighted by atomic mass is 14.2. The highest BCUT2D eigenvalue weighted by Gasteiger charge is 2.15. The Kier molecular flexibility index (Phi) is 37.9. The molecule has 0 N–H and O–H groups in total. The van der Waals surface area contributed by atoms with Gasteiger partial charge in [-0.25, -0.2) is 0 Å². The molecule has 0 aliphatic heterocycles. The molecule has 0 unspecified atom stereocenters. The highest BCUT2D eigenvalue weighted by Crippen LogP contribution is 2.38. The van der Waals surface area contributed by atoms with Gasteiger partial charge in [-0.2, -0.15) is 0 Å². The fourth-order valence-corrected chi connectivity index (χ4v) is 19.4. The summed E-state index contributed by atoms with van der Waals surface area (Å²) in [5.74, 6) is 0. The van der Waals surface area contributed by atoms with Crippen molar-refractivity contribution >= 4 is 0 Å². The van der Waals surface area contributed by atoms with Gasteiger partial charge in [-0.1, -0.05) is 465 Å². The van der Waals surface area contributed by atoms with E-state index in [1.54, 1.807) is 0 Å². The third-order valence-electron chi connectivity index (χ3n) is 28.6. The summed E-state index contributed by atoms with van der Waals surface area (Å²) in [6.45, 7) is 46.3. The Morgan fingerprint density at radius 2 is 0.262 bits per heavy atom. The van der Waals surface area contributed by atoms with Crippen LogP contribution in [0.1, 0.15) is 200 Å². The van der Waals surface area contributed by atoms with Crippen LogP contribution in [0.15, 0.2) is 382 Å². The maximum atomic E-state index is 2.32. The lowest BCUT2D eigenvalue weighted by atomic mass is 9.92. The number of aryl methyl sites for hydroxylation is 20. The van der Waals surface area contributed by atoms with Crippen LogP contribution in [0.3, 0.4) is 0 Å². The van der Waals surface area contributed by atoms with Gasteiger partial charge in [-0.3, -0.25) is 0 Å². The first kappa shape index (κ1) is 104. The summed E-state index contributed by atoms with van der Waals surface area (Å²) in [6, 6.07) is 141. The molecule has 0 nitrogen and oxygen atoms in total. The van der Waals surface area contributed by atoms with Crippen molar-refractivity contribution < 1.29 is 0 Å². The fourth-order valence-electron chi connectivity index (χ4n) is 19.4. The molecule has 0 bridgehead atoms. The van der Waals surface area contributed by atoms with E-state index in [0.717, 1.165) is 77.0 Å². The van der Waals surface area contributed by atoms with Gasteiger partial charge >= 0.3 is 0 Å². The normalized spacial score (nSPS) is 10.8. The molecule has 0 saturated heterocycles. The average Bonchev–Trinajstić information content (AvgIpc) is 0.795. The van der Waals surface area contributed by atoms with Gasteiger partial charge in [-0.05, 0) is 390 Å². The van der Waals surface area contributed by atoms with Crippen molar-refractivity contribution in [2.45, 2.75) is 222 Å². The quantitative estimate of drug-likeness (QED) is 0.0566. The summed E-state index contributed by atoms with van der Waals surface area (Å²) in [4.78, 5) is 0. The maximum Gasteiger partial charge on any atom is -0.0154 e. The first-order chi connectivity index (χ1) is 68.5. The molecule has 0 aliphatic carbocycles. The molecule has 0 atom stereocenters. The number of hydrogen-bond donors (Lipinski definition) is 0. The van der Waals surface area contributed by atoms with E-state index in [-0.39, 0.29) is 0 Å². The summed E-state index contributed by atoms with van der Waals surface area (Å²) in [6.07, 6.45) is 13.1. The summed E-state index contributed by atoms with van der Waals surface area (Å²) < 4.78 is 0. The monoisotopic (exact) mass is 1840 g/mol. The van der Waals surface area contributed by atoms with Crippen molar-refractivity contribution in [2.24, 2.45) is 0 Å². The minimum absolute atomic E-state index is 1.09. The second-order valence-electron chi connectivity index (χ2n) is 38.1. The van der Waals surface area contributed by atoms with Crippen LogP contribution < -0.4 is 0 Å². The Labute approximate surface area is 848 Å². The second-order valence-corrected chi connectivity index (χ2v) is 38.1. The van der Waals surface area contributed by atoms with Gasteiger partial charge in [-0.15, -0.1) is 0 Å². The Hall–Kier alpha value is -14.0. The zero-order valence-corrected chi connectivity index (χ0v) is 88.4. The largest absolute Gasteiger partial charge is 0.0613 e. The van der Waals surface area contributed by atoms with Crippen LogP contribution in [-0.4, -0.2) is 0 Å². The molecule has 0 saturated carbocycles. The molecule has 18 aromatic carbocycles. The van der Waals surface area contributed by atoms with Crippen LogP contribution in [0.4, 0.5) is 0 Å². The molecule has 0 heterocycles. The van der Waals surface area contributed by atoms with Gasteiger partial charge in [0.25, 0.3) is 0 Å². The SMILES string of the molecule is CCc1ccc(-c2ccc(-c3cc(C)c(CC)c(C)c3)cc2)cc1.CCc1ccc(-c2ccc(-c3ccc(CC)c(C)c3)cc2)c(C)c1.CCc1ccc(-c2ccc(-c3ccc(CC)c(C)c3)cc2)cc1.CCc1ccc(-c2ccc(-c3ccc(CC)cc3)c(C)c2)cc1.CCc1ccc(-c2ccc(-c3ccc(CC)cc3C)cc2)cc1.CCc1ccc(-c2ccc(-c3ccc(CC)cc3C)cc2C)cc1. The molecule has 0 spiro atoms. The van der Waals surface area contributed by atoms with Crippen molar-refractivity contribution in [3.8, 4) is 134 Å². The van der Waals surface area contributed by atoms with E-state index in [2.05, 4.69) is 528 Å². The standard InChI is InChI=1S/3C24H26.3C23H24/c1-5-19-7-14-24(18(4)15-19)22-11-9-21(10-12-22)23-13-8-20(6-2)17(3)16-23;1-5-19-7-10-21(11-8-19)23-14-12-22(16-18(23)4)24-13-9-20(6-2)15-17(24)3;1-5-19-7-9-20(10-8-19)21-11-13-22(14-12-21)23-15-17(3)24(6-2)18(4)16-23;1-4-18-6-10-20(11-7-18)22-14-15-23(17(3)16-22)21-12-8-19(5-2)9-13-21;1-4-18-6-9-20(10-7-18)21-11-13-22(14-12-21)23-15-8-19(5-2)16-17(23)3;1-4-18-6-8-20(9-7-18)21-11-13-22(14-12-21)23-15-10-19(5-2)17(3)16-23/h3*7-16H,5-6H2,1-4H3;3*6-16H,4-5H2,1-3H3. The Morgan fingerprint density at radius 1 is 0.106 bits per heavy atom. The molecule has 0 fully saturated rings. The van der Waals surface area contributed by atoms with E-state index in [0.29, 0.717) is 0 Å². The van der Waals surface area contributed by atoms with Gasteiger partial charge in [0.1, 0.15) is 0 Å². The molecule has 0 heteroatoms. The van der Waals surface area contributed by atoms with Gasteiger partial charge in [0, 0.05) is 0 Å². The van der Waals surface area contributed by atoms with Crippen LogP contribution in [-0.2, 0) is 77.0 Å². The molecule has 141 heavy (non-hydrogen) atoms. The van der Waals surface area contributed by atoms with E-state index in [1.165, 1.54) is 250 Å². The number of benzene rings is 18. The molecular formula is C141H150. The molecule has 18 aromatic rings. The Bertz CT molecular complexity index is 7030. The van der Waals surface area contributed by atoms with Crippen molar-refractivity contribution in [2.75, 3.05) is 0 Å². The first-order valence-corrected chi connectivity index (χ1v) is 52.3. The van der Waals surface area contributed by atoms with Crippen LogP contribution in [0.25, 0.3) is 134 Å². The lowest BCUT2D eigenvalue weighted by molar-refractivity contribution is 1.08. The zero-order valence-electron chi connectivity index (χ0n) is 88.4. The highest BCUT2D eigenvalue weighted by molar-refractivity contribution is 5.80. The molecule has 18 rings (SSSR count). The van der Waals surface area contributed by atoms with E-state index in [9.17, 15) is 0 Å². The summed E-state index contributed by atoms with van der Waals surface area (Å²) in [5, 5.41) is 0. The third-order valence-corrected chi connectivity index (χ3v) is 28.6. The van der Waals surface area contributed by atoms with Crippen LogP contribution in [0, 0.1) is 62.3 Å². The average molecular weight is 1840 g/mol. The molecule has 0 aromatic heterocycles. The molecular weight excluding hydrogens is 1690 g/mol. The minimum atomic E-state index is 1.09. The van der Waals surface area contributed by atoms with Crippen LogP contribution in [0.5, 0.6) is 0 Å². The molecule has 714 valence electrons. The topological polar surface area (TPSA) is 0 Å². The van der Waals surface area contributed by atoms with Gasteiger partial charge in [0.15, 0.2) is 0 Å². The molecule has 0 aliphatic rings. The summed E-state index contributed by atoms with van der Waals surface area (Å²) >= 11 is 0. The lowest BCUT2D eigenvalue weighted by Gasteiger charge is -2.12. The Morgan fingerprint density at radius 3 is 0.482 bits per heavy atom. The van der Waals surface area contributed by atoms with Gasteiger partial charge < -0.3 is 0 Å². The van der Waals surface area contributed by atoms with Crippen LogP contribution in [0.2, 0.25) is 0 Å².